The number of unbranched alkanes of at least 4 members (excludes halogenated alkanes) is 11. The summed E-state index contributed by atoms with van der Waals surface area (Å²) in [7, 11) is 0. The van der Waals surface area contributed by atoms with Crippen molar-refractivity contribution in [2.24, 2.45) is 0 Å². The number of fused-ring (bicyclic) bond motifs is 1. The van der Waals surface area contributed by atoms with E-state index in [4.69, 9.17) is 4.98 Å². The summed E-state index contributed by atoms with van der Waals surface area (Å²) in [6.45, 7) is 2.28. The topological polar surface area (TPSA) is 12.9 Å². The Labute approximate surface area is 164 Å². The van der Waals surface area contributed by atoms with Crippen LogP contribution in [-0.2, 0) is 6.42 Å². The van der Waals surface area contributed by atoms with Gasteiger partial charge in [0.25, 0.3) is 0 Å². The summed E-state index contributed by atoms with van der Waals surface area (Å²) >= 11 is 1.86. The number of hydrogen-bond acceptors (Lipinski definition) is 2. The molecule has 0 saturated carbocycles. The molecule has 0 radical (unpaired) electrons. The highest BCUT2D eigenvalue weighted by Crippen LogP contribution is 2.23. The number of aromatic nitrogens is 1. The van der Waals surface area contributed by atoms with Gasteiger partial charge in [0.15, 0.2) is 0 Å². The fourth-order valence-electron chi connectivity index (χ4n) is 3.37. The van der Waals surface area contributed by atoms with Crippen LogP contribution < -0.4 is 0 Å². The van der Waals surface area contributed by atoms with Gasteiger partial charge in [-0.25, -0.2) is 4.98 Å². The number of benzene rings is 1. The van der Waals surface area contributed by atoms with E-state index in [2.05, 4.69) is 43.3 Å². The molecule has 0 atom stereocenters. The number of nitrogens with zero attached hydrogens (tertiary/aromatic N) is 1. The van der Waals surface area contributed by atoms with Crippen molar-refractivity contribution < 1.29 is 0 Å². The Morgan fingerprint density at radius 3 is 2.08 bits per heavy atom. The Balaban J connectivity index is 1.38. The van der Waals surface area contributed by atoms with E-state index in [1.165, 1.54) is 98.7 Å². The van der Waals surface area contributed by atoms with Crippen LogP contribution in [0.2, 0.25) is 0 Å². The Morgan fingerprint density at radius 2 is 1.38 bits per heavy atom. The second-order valence-electron chi connectivity index (χ2n) is 7.41. The molecule has 0 unspecified atom stereocenters. The van der Waals surface area contributed by atoms with Gasteiger partial charge in [-0.1, -0.05) is 82.6 Å². The van der Waals surface area contributed by atoms with Gasteiger partial charge in [-0.15, -0.1) is 11.3 Å². The van der Waals surface area contributed by atoms with Gasteiger partial charge in [0, 0.05) is 0 Å². The highest BCUT2D eigenvalue weighted by Gasteiger charge is 2.02. The van der Waals surface area contributed by atoms with Crippen molar-refractivity contribution in [1.29, 1.82) is 0 Å². The number of aryl methyl sites for hydroxylation is 1. The normalized spacial score (nSPS) is 11.7. The van der Waals surface area contributed by atoms with Gasteiger partial charge >= 0.3 is 0 Å². The van der Waals surface area contributed by atoms with Crippen LogP contribution in [0.1, 0.15) is 95.4 Å². The van der Waals surface area contributed by atoms with Crippen LogP contribution >= 0.6 is 11.3 Å². The fraction of sp³-hybridized carbons (Fsp3) is 0.625. The Kier molecular flexibility index (Phi) is 11.4. The zero-order valence-corrected chi connectivity index (χ0v) is 17.5. The van der Waals surface area contributed by atoms with Crippen molar-refractivity contribution in [3.05, 3.63) is 41.4 Å². The molecule has 1 aromatic carbocycles. The molecule has 1 aromatic heterocycles. The van der Waals surface area contributed by atoms with Crippen molar-refractivity contribution in [3.63, 3.8) is 0 Å². The lowest BCUT2D eigenvalue weighted by Gasteiger charge is -1.99. The second-order valence-corrected chi connectivity index (χ2v) is 8.52. The molecule has 2 heteroatoms. The van der Waals surface area contributed by atoms with Crippen LogP contribution in [0.25, 0.3) is 10.2 Å². The van der Waals surface area contributed by atoms with Gasteiger partial charge in [0.1, 0.15) is 0 Å². The van der Waals surface area contributed by atoms with E-state index in [1.54, 1.807) is 0 Å². The predicted molar refractivity (Wildman–Crippen MR) is 118 cm³/mol. The van der Waals surface area contributed by atoms with Gasteiger partial charge < -0.3 is 0 Å². The van der Waals surface area contributed by atoms with Gasteiger partial charge in [-0.3, -0.25) is 0 Å². The first-order chi connectivity index (χ1) is 12.9. The highest BCUT2D eigenvalue weighted by atomic mass is 32.1. The average molecular weight is 372 g/mol. The SMILES string of the molecule is CCCCCCCC/C=C\CCCCCCCc1nc2ccccc2s1. The third kappa shape index (κ3) is 8.98. The molecule has 0 amide bonds. The molecule has 0 N–H and O–H groups in total. The first-order valence-electron chi connectivity index (χ1n) is 10.9. The Bertz CT molecular complexity index is 580. The largest absolute Gasteiger partial charge is 0.241 e. The van der Waals surface area contributed by atoms with Crippen LogP contribution in [-0.4, -0.2) is 4.98 Å². The quantitative estimate of drug-likeness (QED) is 0.226. The molecule has 0 saturated heterocycles. The van der Waals surface area contributed by atoms with Crippen molar-refractivity contribution >= 4 is 21.6 Å². The average Bonchev–Trinajstić information content (AvgIpc) is 3.07. The van der Waals surface area contributed by atoms with E-state index in [9.17, 15) is 0 Å². The van der Waals surface area contributed by atoms with E-state index < -0.39 is 0 Å². The van der Waals surface area contributed by atoms with Crippen molar-refractivity contribution in [3.8, 4) is 0 Å². The predicted octanol–water partition coefficient (Wildman–Crippen LogP) is 8.49. The maximum Gasteiger partial charge on any atom is 0.0938 e. The van der Waals surface area contributed by atoms with Crippen LogP contribution in [0.15, 0.2) is 36.4 Å². The van der Waals surface area contributed by atoms with Crippen molar-refractivity contribution in [1.82, 2.24) is 4.98 Å². The summed E-state index contributed by atoms with van der Waals surface area (Å²) in [6.07, 6.45) is 23.7. The lowest BCUT2D eigenvalue weighted by atomic mass is 10.1. The minimum absolute atomic E-state index is 1.15. The molecule has 1 heterocycles. The minimum atomic E-state index is 1.15. The Hall–Kier alpha value is -1.15. The summed E-state index contributed by atoms with van der Waals surface area (Å²) in [4.78, 5) is 4.73. The maximum atomic E-state index is 4.73. The molecule has 0 fully saturated rings. The fourth-order valence-corrected chi connectivity index (χ4v) is 4.38. The van der Waals surface area contributed by atoms with E-state index in [0.717, 1.165) is 6.42 Å². The number of para-hydroxylation sites is 1. The number of hydrogen-bond donors (Lipinski definition) is 0. The van der Waals surface area contributed by atoms with Crippen LogP contribution in [0.4, 0.5) is 0 Å². The van der Waals surface area contributed by atoms with Crippen LogP contribution in [0.3, 0.4) is 0 Å². The molecular weight excluding hydrogens is 334 g/mol. The van der Waals surface area contributed by atoms with Crippen molar-refractivity contribution in [2.45, 2.75) is 96.8 Å². The molecule has 2 rings (SSSR count). The number of allylic oxidation sites excluding steroid dienone is 2. The van der Waals surface area contributed by atoms with E-state index in [0.29, 0.717) is 0 Å². The molecule has 144 valence electrons. The summed E-state index contributed by atoms with van der Waals surface area (Å²) < 4.78 is 1.33. The molecular formula is C24H37NS. The lowest BCUT2D eigenvalue weighted by Crippen LogP contribution is -1.85. The summed E-state index contributed by atoms with van der Waals surface area (Å²) in [5.41, 5.74) is 1.17. The molecule has 0 bridgehead atoms. The smallest absolute Gasteiger partial charge is 0.0938 e. The van der Waals surface area contributed by atoms with Crippen LogP contribution in [0, 0.1) is 0 Å². The highest BCUT2D eigenvalue weighted by molar-refractivity contribution is 7.18. The van der Waals surface area contributed by atoms with E-state index >= 15 is 0 Å². The zero-order chi connectivity index (χ0) is 18.3. The zero-order valence-electron chi connectivity index (χ0n) is 16.7. The summed E-state index contributed by atoms with van der Waals surface area (Å²) in [5.74, 6) is 0. The number of thiazole rings is 1. The third-order valence-corrected chi connectivity index (χ3v) is 6.09. The summed E-state index contributed by atoms with van der Waals surface area (Å²) in [6, 6.07) is 8.48. The Morgan fingerprint density at radius 1 is 0.769 bits per heavy atom. The summed E-state index contributed by atoms with van der Waals surface area (Å²) in [5, 5.41) is 1.31. The molecule has 0 aliphatic rings. The lowest BCUT2D eigenvalue weighted by molar-refractivity contribution is 0.608. The molecule has 1 nitrogen and oxygen atoms in total. The van der Waals surface area contributed by atoms with Gasteiger partial charge in [0.2, 0.25) is 0 Å². The second kappa shape index (κ2) is 14.0. The third-order valence-electron chi connectivity index (χ3n) is 4.99. The van der Waals surface area contributed by atoms with Crippen molar-refractivity contribution in [2.75, 3.05) is 0 Å². The monoisotopic (exact) mass is 371 g/mol. The van der Waals surface area contributed by atoms with Crippen LogP contribution in [0.5, 0.6) is 0 Å². The molecule has 26 heavy (non-hydrogen) atoms. The number of rotatable bonds is 15. The van der Waals surface area contributed by atoms with E-state index in [-0.39, 0.29) is 0 Å². The van der Waals surface area contributed by atoms with E-state index in [1.807, 2.05) is 11.3 Å². The molecule has 0 spiro atoms. The minimum Gasteiger partial charge on any atom is -0.241 e. The van der Waals surface area contributed by atoms with Gasteiger partial charge in [-0.2, -0.15) is 0 Å². The molecule has 0 aliphatic carbocycles. The van der Waals surface area contributed by atoms with Gasteiger partial charge in [-0.05, 0) is 50.7 Å². The standard InChI is InChI=1S/C24H37NS/c1-2-3-4-5-6-7-8-9-10-11-12-13-14-15-16-21-24-25-22-19-17-18-20-23(22)26-24/h9-10,17-20H,2-8,11-16,21H2,1H3/b10-9-. The molecule has 0 aliphatic heterocycles. The first kappa shape index (κ1) is 21.2. The molecule has 2 aromatic rings. The van der Waals surface area contributed by atoms with Gasteiger partial charge in [0.05, 0.1) is 15.2 Å². The first-order valence-corrected chi connectivity index (χ1v) is 11.7. The maximum absolute atomic E-state index is 4.73.